The first-order chi connectivity index (χ1) is 9.78. The highest BCUT2D eigenvalue weighted by molar-refractivity contribution is 7.13. The standard InChI is InChI=1S/C13H15N3O3S/c1-18-8-11(17)16-5-4-9(7-16)12-14-13(19-15-12)10-3-2-6-20-10/h2-3,6,9H,4-5,7-8H2,1H3. The van der Waals surface area contributed by atoms with Crippen LogP contribution in [-0.4, -0.2) is 47.8 Å². The maximum atomic E-state index is 11.8. The van der Waals surface area contributed by atoms with Gasteiger partial charge in [-0.25, -0.2) is 0 Å². The molecule has 1 unspecified atom stereocenters. The number of nitrogens with zero attached hydrogens (tertiary/aromatic N) is 3. The molecule has 3 heterocycles. The lowest BCUT2D eigenvalue weighted by atomic mass is 10.1. The van der Waals surface area contributed by atoms with Gasteiger partial charge in [-0.1, -0.05) is 11.2 Å². The van der Waals surface area contributed by atoms with E-state index in [9.17, 15) is 4.79 Å². The maximum Gasteiger partial charge on any atom is 0.267 e. The van der Waals surface area contributed by atoms with Crippen molar-refractivity contribution in [3.63, 3.8) is 0 Å². The minimum Gasteiger partial charge on any atom is -0.375 e. The van der Waals surface area contributed by atoms with Crippen LogP contribution in [0.25, 0.3) is 10.8 Å². The Bertz CT molecular complexity index is 581. The molecule has 1 atom stereocenters. The SMILES string of the molecule is COCC(=O)N1CCC(c2noc(-c3cccs3)n2)C1. The van der Waals surface area contributed by atoms with E-state index in [2.05, 4.69) is 10.1 Å². The predicted molar refractivity (Wildman–Crippen MR) is 73.4 cm³/mol. The Kier molecular flexibility index (Phi) is 3.79. The molecule has 0 saturated carbocycles. The molecule has 3 rings (SSSR count). The molecule has 0 bridgehead atoms. The van der Waals surface area contributed by atoms with Crippen molar-refractivity contribution in [2.24, 2.45) is 0 Å². The Labute approximate surface area is 120 Å². The van der Waals surface area contributed by atoms with Gasteiger partial charge in [0.1, 0.15) is 6.61 Å². The van der Waals surface area contributed by atoms with E-state index in [0.29, 0.717) is 18.3 Å². The fourth-order valence-electron chi connectivity index (χ4n) is 2.31. The molecule has 1 saturated heterocycles. The monoisotopic (exact) mass is 293 g/mol. The van der Waals surface area contributed by atoms with Gasteiger partial charge >= 0.3 is 0 Å². The second kappa shape index (κ2) is 5.72. The number of carbonyl (C=O) groups is 1. The number of hydrogen-bond donors (Lipinski definition) is 0. The van der Waals surface area contributed by atoms with Crippen LogP contribution in [0.2, 0.25) is 0 Å². The van der Waals surface area contributed by atoms with Gasteiger partial charge < -0.3 is 14.2 Å². The summed E-state index contributed by atoms with van der Waals surface area (Å²) in [5.74, 6) is 1.39. The van der Waals surface area contributed by atoms with Crippen LogP contribution in [-0.2, 0) is 9.53 Å². The quantitative estimate of drug-likeness (QED) is 0.859. The number of likely N-dealkylation sites (tertiary alicyclic amines) is 1. The number of rotatable bonds is 4. The van der Waals surface area contributed by atoms with Crippen LogP contribution >= 0.6 is 11.3 Å². The van der Waals surface area contributed by atoms with Crippen molar-refractivity contribution in [2.75, 3.05) is 26.8 Å². The van der Waals surface area contributed by atoms with Crippen LogP contribution in [0.3, 0.4) is 0 Å². The summed E-state index contributed by atoms with van der Waals surface area (Å²) in [6.45, 7) is 1.47. The van der Waals surface area contributed by atoms with Crippen LogP contribution in [0.1, 0.15) is 18.2 Å². The summed E-state index contributed by atoms with van der Waals surface area (Å²) < 4.78 is 10.2. The molecule has 1 aliphatic rings. The molecule has 7 heteroatoms. The molecule has 0 N–H and O–H groups in total. The number of methoxy groups -OCH3 is 1. The highest BCUT2D eigenvalue weighted by Gasteiger charge is 2.30. The van der Waals surface area contributed by atoms with Crippen LogP contribution in [0, 0.1) is 0 Å². The number of carbonyl (C=O) groups excluding carboxylic acids is 1. The number of hydrogen-bond acceptors (Lipinski definition) is 6. The summed E-state index contributed by atoms with van der Waals surface area (Å²) in [5, 5.41) is 6.02. The van der Waals surface area contributed by atoms with Crippen LogP contribution < -0.4 is 0 Å². The first-order valence-corrected chi connectivity index (χ1v) is 7.30. The lowest BCUT2D eigenvalue weighted by molar-refractivity contribution is -0.134. The topological polar surface area (TPSA) is 68.5 Å². The zero-order valence-corrected chi connectivity index (χ0v) is 11.9. The lowest BCUT2D eigenvalue weighted by Crippen LogP contribution is -2.31. The lowest BCUT2D eigenvalue weighted by Gasteiger charge is -2.14. The van der Waals surface area contributed by atoms with Crippen molar-refractivity contribution in [1.29, 1.82) is 0 Å². The molecule has 6 nitrogen and oxygen atoms in total. The molecule has 1 amide bonds. The minimum absolute atomic E-state index is 0.0111. The van der Waals surface area contributed by atoms with E-state index >= 15 is 0 Å². The van der Waals surface area contributed by atoms with Gasteiger partial charge in [0, 0.05) is 26.1 Å². The minimum atomic E-state index is 0.0111. The third kappa shape index (κ3) is 2.59. The Morgan fingerprint density at radius 2 is 2.55 bits per heavy atom. The van der Waals surface area contributed by atoms with Gasteiger partial charge in [0.2, 0.25) is 5.91 Å². The Morgan fingerprint density at radius 1 is 1.65 bits per heavy atom. The Hall–Kier alpha value is -1.73. The molecular weight excluding hydrogens is 278 g/mol. The zero-order chi connectivity index (χ0) is 13.9. The van der Waals surface area contributed by atoms with Gasteiger partial charge in [0.15, 0.2) is 5.82 Å². The summed E-state index contributed by atoms with van der Waals surface area (Å²) in [7, 11) is 1.53. The van der Waals surface area contributed by atoms with Gasteiger partial charge in [-0.3, -0.25) is 4.79 Å². The van der Waals surface area contributed by atoms with Crippen molar-refractivity contribution in [3.8, 4) is 10.8 Å². The molecule has 0 spiro atoms. The fourth-order valence-corrected chi connectivity index (χ4v) is 2.96. The number of amides is 1. The fraction of sp³-hybridized carbons (Fsp3) is 0.462. The Morgan fingerprint density at radius 3 is 3.30 bits per heavy atom. The van der Waals surface area contributed by atoms with E-state index in [0.717, 1.165) is 17.8 Å². The molecule has 0 aliphatic carbocycles. The summed E-state index contributed by atoms with van der Waals surface area (Å²) in [4.78, 5) is 18.9. The van der Waals surface area contributed by atoms with Crippen molar-refractivity contribution in [2.45, 2.75) is 12.3 Å². The van der Waals surface area contributed by atoms with E-state index in [1.807, 2.05) is 17.5 Å². The second-order valence-corrected chi connectivity index (χ2v) is 5.64. The molecule has 2 aromatic heterocycles. The molecule has 2 aromatic rings. The van der Waals surface area contributed by atoms with Gasteiger partial charge in [0.05, 0.1) is 4.88 Å². The van der Waals surface area contributed by atoms with Crippen molar-refractivity contribution in [3.05, 3.63) is 23.3 Å². The smallest absolute Gasteiger partial charge is 0.267 e. The normalized spacial score (nSPS) is 18.6. The molecule has 0 radical (unpaired) electrons. The Balaban J connectivity index is 1.68. The van der Waals surface area contributed by atoms with Gasteiger partial charge in [-0.15, -0.1) is 11.3 Å². The average molecular weight is 293 g/mol. The third-order valence-corrected chi connectivity index (χ3v) is 4.21. The van der Waals surface area contributed by atoms with E-state index in [1.54, 1.807) is 16.2 Å². The van der Waals surface area contributed by atoms with E-state index < -0.39 is 0 Å². The highest BCUT2D eigenvalue weighted by Crippen LogP contribution is 2.28. The number of thiophene rings is 1. The van der Waals surface area contributed by atoms with Crippen LogP contribution in [0.4, 0.5) is 0 Å². The van der Waals surface area contributed by atoms with Crippen molar-refractivity contribution in [1.82, 2.24) is 15.0 Å². The zero-order valence-electron chi connectivity index (χ0n) is 11.1. The number of aromatic nitrogens is 2. The summed E-state index contributed by atoms with van der Waals surface area (Å²) in [6, 6.07) is 3.90. The third-order valence-electron chi connectivity index (χ3n) is 3.35. The first-order valence-electron chi connectivity index (χ1n) is 6.42. The maximum absolute atomic E-state index is 11.8. The van der Waals surface area contributed by atoms with Gasteiger partial charge in [-0.05, 0) is 17.9 Å². The van der Waals surface area contributed by atoms with Crippen molar-refractivity contribution >= 4 is 17.2 Å². The second-order valence-electron chi connectivity index (χ2n) is 4.69. The summed E-state index contributed by atoms with van der Waals surface area (Å²) in [5.41, 5.74) is 0. The largest absolute Gasteiger partial charge is 0.375 e. The molecular formula is C13H15N3O3S. The van der Waals surface area contributed by atoms with Crippen LogP contribution in [0.5, 0.6) is 0 Å². The molecule has 0 aromatic carbocycles. The number of ether oxygens (including phenoxy) is 1. The average Bonchev–Trinajstić information content (AvgIpc) is 3.19. The van der Waals surface area contributed by atoms with Crippen LogP contribution in [0.15, 0.2) is 22.0 Å². The highest BCUT2D eigenvalue weighted by atomic mass is 32.1. The van der Waals surface area contributed by atoms with Crippen molar-refractivity contribution < 1.29 is 14.1 Å². The summed E-state index contributed by atoms with van der Waals surface area (Å²) >= 11 is 1.57. The van der Waals surface area contributed by atoms with E-state index in [4.69, 9.17) is 9.26 Å². The van der Waals surface area contributed by atoms with Gasteiger partial charge in [-0.2, -0.15) is 4.98 Å². The molecule has 106 valence electrons. The van der Waals surface area contributed by atoms with E-state index in [1.165, 1.54) is 7.11 Å². The first kappa shape index (κ1) is 13.3. The predicted octanol–water partition coefficient (Wildman–Crippen LogP) is 1.76. The molecule has 1 fully saturated rings. The molecule has 1 aliphatic heterocycles. The van der Waals surface area contributed by atoms with E-state index in [-0.39, 0.29) is 18.4 Å². The molecule has 20 heavy (non-hydrogen) atoms. The summed E-state index contributed by atoms with van der Waals surface area (Å²) in [6.07, 6.45) is 0.860. The van der Waals surface area contributed by atoms with Gasteiger partial charge in [0.25, 0.3) is 5.89 Å².